The van der Waals surface area contributed by atoms with Gasteiger partial charge in [0, 0.05) is 25.7 Å². The van der Waals surface area contributed by atoms with Crippen LogP contribution in [0.4, 0.5) is 0 Å². The van der Waals surface area contributed by atoms with Crippen molar-refractivity contribution in [1.29, 1.82) is 0 Å². The quantitative estimate of drug-likeness (QED) is 0.645. The SMILES string of the molecule is CN(C)CCNCc1ccon1. The van der Waals surface area contributed by atoms with E-state index in [0.717, 1.165) is 25.3 Å². The van der Waals surface area contributed by atoms with Crippen LogP contribution in [-0.4, -0.2) is 37.2 Å². The molecule has 0 fully saturated rings. The molecule has 1 aromatic heterocycles. The van der Waals surface area contributed by atoms with Crippen molar-refractivity contribution in [3.63, 3.8) is 0 Å². The molecule has 0 unspecified atom stereocenters. The lowest BCUT2D eigenvalue weighted by Gasteiger charge is -2.08. The van der Waals surface area contributed by atoms with E-state index in [1.54, 1.807) is 6.26 Å². The van der Waals surface area contributed by atoms with Gasteiger partial charge in [-0.25, -0.2) is 0 Å². The van der Waals surface area contributed by atoms with Crippen LogP contribution < -0.4 is 5.32 Å². The van der Waals surface area contributed by atoms with E-state index in [1.807, 2.05) is 6.07 Å². The molecule has 0 aliphatic carbocycles. The molecule has 0 radical (unpaired) electrons. The average molecular weight is 169 g/mol. The third kappa shape index (κ3) is 3.50. The highest BCUT2D eigenvalue weighted by Gasteiger charge is 1.94. The molecule has 0 saturated carbocycles. The van der Waals surface area contributed by atoms with Gasteiger partial charge in [0.05, 0.1) is 5.69 Å². The second kappa shape index (κ2) is 4.90. The van der Waals surface area contributed by atoms with Gasteiger partial charge in [0.15, 0.2) is 0 Å². The van der Waals surface area contributed by atoms with Crippen molar-refractivity contribution in [3.05, 3.63) is 18.0 Å². The van der Waals surface area contributed by atoms with E-state index >= 15 is 0 Å². The molecule has 0 bridgehead atoms. The molecule has 0 atom stereocenters. The Morgan fingerprint density at radius 2 is 2.42 bits per heavy atom. The maximum absolute atomic E-state index is 4.69. The molecular formula is C8H15N3O. The summed E-state index contributed by atoms with van der Waals surface area (Å²) in [6.07, 6.45) is 1.59. The van der Waals surface area contributed by atoms with Crippen LogP contribution in [-0.2, 0) is 6.54 Å². The van der Waals surface area contributed by atoms with Crippen LogP contribution in [0.15, 0.2) is 16.9 Å². The van der Waals surface area contributed by atoms with Crippen LogP contribution in [0, 0.1) is 0 Å². The third-order valence-corrected chi connectivity index (χ3v) is 1.53. The first-order chi connectivity index (χ1) is 5.79. The van der Waals surface area contributed by atoms with Gasteiger partial charge in [0.2, 0.25) is 0 Å². The number of rotatable bonds is 5. The molecule has 0 aliphatic rings. The highest BCUT2D eigenvalue weighted by atomic mass is 16.5. The predicted molar refractivity (Wildman–Crippen MR) is 46.8 cm³/mol. The van der Waals surface area contributed by atoms with Crippen LogP contribution >= 0.6 is 0 Å². The first-order valence-corrected chi connectivity index (χ1v) is 4.04. The Labute approximate surface area is 72.5 Å². The van der Waals surface area contributed by atoms with Crippen molar-refractivity contribution in [2.24, 2.45) is 0 Å². The molecule has 1 rings (SSSR count). The predicted octanol–water partition coefficient (Wildman–Crippen LogP) is 0.326. The minimum atomic E-state index is 0.782. The Bertz CT molecular complexity index is 196. The summed E-state index contributed by atoms with van der Waals surface area (Å²) in [6.45, 7) is 2.79. The molecule has 0 aromatic carbocycles. The Morgan fingerprint density at radius 1 is 1.58 bits per heavy atom. The van der Waals surface area contributed by atoms with Crippen molar-refractivity contribution < 1.29 is 4.52 Å². The van der Waals surface area contributed by atoms with Crippen LogP contribution in [0.3, 0.4) is 0 Å². The molecule has 0 spiro atoms. The smallest absolute Gasteiger partial charge is 0.124 e. The van der Waals surface area contributed by atoms with Crippen molar-refractivity contribution >= 4 is 0 Å². The fourth-order valence-electron chi connectivity index (χ4n) is 0.848. The Morgan fingerprint density at radius 3 is 3.00 bits per heavy atom. The molecule has 1 aromatic rings. The average Bonchev–Trinajstić information content (AvgIpc) is 2.49. The summed E-state index contributed by atoms with van der Waals surface area (Å²) >= 11 is 0. The van der Waals surface area contributed by atoms with Gasteiger partial charge in [-0.15, -0.1) is 0 Å². The molecule has 1 heterocycles. The van der Waals surface area contributed by atoms with Gasteiger partial charge >= 0.3 is 0 Å². The number of hydrogen-bond acceptors (Lipinski definition) is 4. The van der Waals surface area contributed by atoms with Gasteiger partial charge in [-0.2, -0.15) is 0 Å². The molecule has 12 heavy (non-hydrogen) atoms. The number of aromatic nitrogens is 1. The van der Waals surface area contributed by atoms with E-state index in [4.69, 9.17) is 4.52 Å². The van der Waals surface area contributed by atoms with Gasteiger partial charge in [-0.3, -0.25) is 0 Å². The summed E-state index contributed by atoms with van der Waals surface area (Å²) in [5.41, 5.74) is 0.953. The highest BCUT2D eigenvalue weighted by Crippen LogP contribution is 1.91. The standard InChI is InChI=1S/C8H15N3O/c1-11(2)5-4-9-7-8-3-6-12-10-8/h3,6,9H,4-5,7H2,1-2H3. The minimum absolute atomic E-state index is 0.782. The second-order valence-corrected chi connectivity index (χ2v) is 2.97. The van der Waals surface area contributed by atoms with Gasteiger partial charge in [0.1, 0.15) is 6.26 Å². The van der Waals surface area contributed by atoms with E-state index in [1.165, 1.54) is 0 Å². The minimum Gasteiger partial charge on any atom is -0.364 e. The van der Waals surface area contributed by atoms with E-state index in [0.29, 0.717) is 0 Å². The fourth-order valence-corrected chi connectivity index (χ4v) is 0.848. The van der Waals surface area contributed by atoms with E-state index in [9.17, 15) is 0 Å². The molecule has 1 N–H and O–H groups in total. The fraction of sp³-hybridized carbons (Fsp3) is 0.625. The van der Waals surface area contributed by atoms with Gasteiger partial charge in [-0.1, -0.05) is 5.16 Å². The van der Waals surface area contributed by atoms with Crippen LogP contribution in [0.1, 0.15) is 5.69 Å². The highest BCUT2D eigenvalue weighted by molar-refractivity contribution is 4.93. The Hall–Kier alpha value is -0.870. The van der Waals surface area contributed by atoms with Crippen LogP contribution in [0.2, 0.25) is 0 Å². The number of likely N-dealkylation sites (N-methyl/N-ethyl adjacent to an activating group) is 1. The first kappa shape index (κ1) is 9.22. The number of hydrogen-bond donors (Lipinski definition) is 1. The summed E-state index contributed by atoms with van der Waals surface area (Å²) < 4.78 is 4.69. The molecule has 4 heteroatoms. The summed E-state index contributed by atoms with van der Waals surface area (Å²) in [6, 6.07) is 1.86. The van der Waals surface area contributed by atoms with Gasteiger partial charge in [-0.05, 0) is 14.1 Å². The maximum Gasteiger partial charge on any atom is 0.124 e. The lowest BCUT2D eigenvalue weighted by molar-refractivity contribution is 0.390. The Balaban J connectivity index is 2.04. The lowest BCUT2D eigenvalue weighted by Crippen LogP contribution is -2.26. The summed E-state index contributed by atoms with van der Waals surface area (Å²) in [5, 5.41) is 7.04. The van der Waals surface area contributed by atoms with E-state index in [2.05, 4.69) is 29.5 Å². The summed E-state index contributed by atoms with van der Waals surface area (Å²) in [5.74, 6) is 0. The van der Waals surface area contributed by atoms with E-state index in [-0.39, 0.29) is 0 Å². The maximum atomic E-state index is 4.69. The summed E-state index contributed by atoms with van der Waals surface area (Å²) in [4.78, 5) is 2.13. The third-order valence-electron chi connectivity index (χ3n) is 1.53. The van der Waals surface area contributed by atoms with E-state index < -0.39 is 0 Å². The largest absolute Gasteiger partial charge is 0.364 e. The van der Waals surface area contributed by atoms with Crippen LogP contribution in [0.5, 0.6) is 0 Å². The van der Waals surface area contributed by atoms with Gasteiger partial charge < -0.3 is 14.7 Å². The van der Waals surface area contributed by atoms with Gasteiger partial charge in [0.25, 0.3) is 0 Å². The molecule has 0 saturated heterocycles. The lowest BCUT2D eigenvalue weighted by atomic mass is 10.4. The van der Waals surface area contributed by atoms with Crippen molar-refractivity contribution in [2.45, 2.75) is 6.54 Å². The molecule has 4 nitrogen and oxygen atoms in total. The van der Waals surface area contributed by atoms with Crippen molar-refractivity contribution in [3.8, 4) is 0 Å². The number of nitrogens with one attached hydrogen (secondary N) is 1. The Kier molecular flexibility index (Phi) is 3.76. The summed E-state index contributed by atoms with van der Waals surface area (Å²) in [7, 11) is 4.11. The molecule has 0 amide bonds. The number of nitrogens with zero attached hydrogens (tertiary/aromatic N) is 2. The zero-order valence-corrected chi connectivity index (χ0v) is 7.58. The zero-order valence-electron chi connectivity index (χ0n) is 7.58. The molecule has 0 aliphatic heterocycles. The normalized spacial score (nSPS) is 10.9. The van der Waals surface area contributed by atoms with Crippen molar-refractivity contribution in [2.75, 3.05) is 27.2 Å². The monoisotopic (exact) mass is 169 g/mol. The second-order valence-electron chi connectivity index (χ2n) is 2.97. The molecular weight excluding hydrogens is 154 g/mol. The zero-order chi connectivity index (χ0) is 8.81. The van der Waals surface area contributed by atoms with Crippen LogP contribution in [0.25, 0.3) is 0 Å². The van der Waals surface area contributed by atoms with Crippen molar-refractivity contribution in [1.82, 2.24) is 15.4 Å². The first-order valence-electron chi connectivity index (χ1n) is 4.04. The molecule has 68 valence electrons. The topological polar surface area (TPSA) is 41.3 Å².